The lowest BCUT2D eigenvalue weighted by Crippen LogP contribution is -2.34. The Balaban J connectivity index is 1.83. The first-order valence-corrected chi connectivity index (χ1v) is 6.07. The highest BCUT2D eigenvalue weighted by Gasteiger charge is 2.25. The van der Waals surface area contributed by atoms with Gasteiger partial charge in [0.2, 0.25) is 0 Å². The van der Waals surface area contributed by atoms with E-state index in [0.29, 0.717) is 0 Å². The smallest absolute Gasteiger partial charge is 0.317 e. The maximum atomic E-state index is 10.8. The third kappa shape index (κ3) is 3.85. The van der Waals surface area contributed by atoms with Crippen molar-refractivity contribution in [1.29, 1.82) is 0 Å². The van der Waals surface area contributed by atoms with E-state index in [9.17, 15) is 4.79 Å². The summed E-state index contributed by atoms with van der Waals surface area (Å²) in [6, 6.07) is 0. The summed E-state index contributed by atoms with van der Waals surface area (Å²) in [5.41, 5.74) is 0. The normalized spacial score (nSPS) is 15.4. The van der Waals surface area contributed by atoms with Gasteiger partial charge in [-0.05, 0) is 25.7 Å². The molecule has 0 aromatic carbocycles. The number of nitrogens with zero attached hydrogens (tertiary/aromatic N) is 3. The summed E-state index contributed by atoms with van der Waals surface area (Å²) >= 11 is 0. The fraction of sp³-hybridized carbons (Fsp3) is 0.667. The summed E-state index contributed by atoms with van der Waals surface area (Å²) in [4.78, 5) is 17.0. The van der Waals surface area contributed by atoms with E-state index in [1.165, 1.54) is 12.8 Å². The van der Waals surface area contributed by atoms with Crippen molar-refractivity contribution in [2.75, 3.05) is 19.6 Å². The number of imidazole rings is 1. The van der Waals surface area contributed by atoms with Crippen LogP contribution in [0.2, 0.25) is 0 Å². The van der Waals surface area contributed by atoms with Crippen molar-refractivity contribution in [3.63, 3.8) is 0 Å². The van der Waals surface area contributed by atoms with Crippen LogP contribution in [0.3, 0.4) is 0 Å². The van der Waals surface area contributed by atoms with Crippen molar-refractivity contribution in [3.8, 4) is 0 Å². The third-order valence-corrected chi connectivity index (χ3v) is 3.15. The Labute approximate surface area is 101 Å². The molecule has 1 aliphatic rings. The number of rotatable bonds is 7. The Morgan fingerprint density at radius 1 is 1.65 bits per heavy atom. The second kappa shape index (κ2) is 5.31. The van der Waals surface area contributed by atoms with Crippen molar-refractivity contribution in [2.24, 2.45) is 5.92 Å². The minimum Gasteiger partial charge on any atom is -0.480 e. The average Bonchev–Trinajstić information content (AvgIpc) is 2.97. The van der Waals surface area contributed by atoms with Gasteiger partial charge in [0.15, 0.2) is 0 Å². The van der Waals surface area contributed by atoms with Crippen LogP contribution in [0.1, 0.15) is 18.7 Å². The highest BCUT2D eigenvalue weighted by atomic mass is 16.4. The van der Waals surface area contributed by atoms with Gasteiger partial charge in [-0.25, -0.2) is 4.98 Å². The van der Waals surface area contributed by atoms with Gasteiger partial charge in [-0.3, -0.25) is 9.69 Å². The second-order valence-corrected chi connectivity index (χ2v) is 4.74. The molecule has 0 unspecified atom stereocenters. The molecular weight excluding hydrogens is 218 g/mol. The summed E-state index contributed by atoms with van der Waals surface area (Å²) in [5.74, 6) is 0.956. The maximum absolute atomic E-state index is 10.8. The maximum Gasteiger partial charge on any atom is 0.317 e. The number of carbonyl (C=O) groups is 1. The van der Waals surface area contributed by atoms with Crippen molar-refractivity contribution in [2.45, 2.75) is 26.3 Å². The minimum atomic E-state index is -0.743. The van der Waals surface area contributed by atoms with Crippen LogP contribution in [0.15, 0.2) is 12.4 Å². The molecule has 0 aliphatic heterocycles. The van der Waals surface area contributed by atoms with E-state index in [2.05, 4.69) is 9.55 Å². The summed E-state index contributed by atoms with van der Waals surface area (Å²) in [7, 11) is 0. The predicted octanol–water partition coefficient (Wildman–Crippen LogP) is 0.988. The molecule has 1 heterocycles. The molecule has 1 fully saturated rings. The summed E-state index contributed by atoms with van der Waals surface area (Å²) < 4.78 is 2.06. The molecule has 1 aliphatic carbocycles. The van der Waals surface area contributed by atoms with Gasteiger partial charge in [0.05, 0.1) is 6.54 Å². The van der Waals surface area contributed by atoms with E-state index in [1.807, 2.05) is 18.0 Å². The van der Waals surface area contributed by atoms with Gasteiger partial charge >= 0.3 is 5.97 Å². The van der Waals surface area contributed by atoms with Crippen LogP contribution in [0.5, 0.6) is 0 Å². The fourth-order valence-electron chi connectivity index (χ4n) is 1.98. The van der Waals surface area contributed by atoms with E-state index in [0.717, 1.165) is 31.4 Å². The fourth-order valence-corrected chi connectivity index (χ4v) is 1.98. The monoisotopic (exact) mass is 237 g/mol. The Kier molecular flexibility index (Phi) is 3.78. The molecule has 0 spiro atoms. The molecular formula is C12H19N3O2. The quantitative estimate of drug-likeness (QED) is 0.768. The van der Waals surface area contributed by atoms with E-state index in [4.69, 9.17) is 5.11 Å². The van der Waals surface area contributed by atoms with Gasteiger partial charge < -0.3 is 9.67 Å². The molecule has 1 aromatic heterocycles. The van der Waals surface area contributed by atoms with Gasteiger partial charge in [-0.15, -0.1) is 0 Å². The number of aryl methyl sites for hydroxylation is 1. The van der Waals surface area contributed by atoms with Crippen molar-refractivity contribution < 1.29 is 9.90 Å². The molecule has 0 saturated heterocycles. The Morgan fingerprint density at radius 3 is 2.94 bits per heavy atom. The number of aromatic nitrogens is 2. The molecule has 17 heavy (non-hydrogen) atoms. The van der Waals surface area contributed by atoms with Crippen LogP contribution in [-0.2, 0) is 11.3 Å². The van der Waals surface area contributed by atoms with Crippen LogP contribution in [0.4, 0.5) is 0 Å². The van der Waals surface area contributed by atoms with Crippen molar-refractivity contribution >= 4 is 5.97 Å². The first kappa shape index (κ1) is 12.1. The van der Waals surface area contributed by atoms with Crippen molar-refractivity contribution in [3.05, 3.63) is 18.2 Å². The number of hydrogen-bond acceptors (Lipinski definition) is 3. The zero-order valence-electron chi connectivity index (χ0n) is 10.2. The van der Waals surface area contributed by atoms with Gasteiger partial charge in [0.1, 0.15) is 5.82 Å². The number of aliphatic carboxylic acids is 1. The summed E-state index contributed by atoms with van der Waals surface area (Å²) in [6.45, 7) is 4.61. The second-order valence-electron chi connectivity index (χ2n) is 4.74. The molecule has 0 amide bonds. The lowest BCUT2D eigenvalue weighted by Gasteiger charge is -2.20. The molecule has 0 bridgehead atoms. The molecule has 1 aromatic rings. The van der Waals surface area contributed by atoms with Crippen LogP contribution in [-0.4, -0.2) is 45.2 Å². The zero-order chi connectivity index (χ0) is 12.3. The Bertz CT molecular complexity index is 385. The van der Waals surface area contributed by atoms with E-state index < -0.39 is 5.97 Å². The van der Waals surface area contributed by atoms with Gasteiger partial charge in [-0.1, -0.05) is 0 Å². The van der Waals surface area contributed by atoms with E-state index in [1.54, 1.807) is 6.20 Å². The largest absolute Gasteiger partial charge is 0.480 e. The topological polar surface area (TPSA) is 58.4 Å². The molecule has 94 valence electrons. The molecule has 5 heteroatoms. The van der Waals surface area contributed by atoms with Crippen LogP contribution < -0.4 is 0 Å². The van der Waals surface area contributed by atoms with E-state index >= 15 is 0 Å². The highest BCUT2D eigenvalue weighted by molar-refractivity contribution is 5.69. The third-order valence-electron chi connectivity index (χ3n) is 3.15. The average molecular weight is 237 g/mol. The number of carboxylic acid groups (broad SMARTS) is 1. The molecule has 0 atom stereocenters. The summed E-state index contributed by atoms with van der Waals surface area (Å²) in [5, 5.41) is 8.87. The lowest BCUT2D eigenvalue weighted by atomic mass is 10.3. The molecule has 2 rings (SSSR count). The minimum absolute atomic E-state index is 0.143. The van der Waals surface area contributed by atoms with Crippen LogP contribution in [0.25, 0.3) is 0 Å². The number of carboxylic acids is 1. The van der Waals surface area contributed by atoms with E-state index in [-0.39, 0.29) is 6.54 Å². The first-order valence-electron chi connectivity index (χ1n) is 6.07. The predicted molar refractivity (Wildman–Crippen MR) is 63.8 cm³/mol. The molecule has 0 radical (unpaired) electrons. The lowest BCUT2D eigenvalue weighted by molar-refractivity contribution is -0.138. The number of hydrogen-bond donors (Lipinski definition) is 1. The zero-order valence-corrected chi connectivity index (χ0v) is 10.2. The molecule has 1 N–H and O–H groups in total. The van der Waals surface area contributed by atoms with Gasteiger partial charge in [0.25, 0.3) is 0 Å². The first-order chi connectivity index (χ1) is 8.15. The Morgan fingerprint density at radius 2 is 2.41 bits per heavy atom. The van der Waals surface area contributed by atoms with Gasteiger partial charge in [-0.2, -0.15) is 0 Å². The molecule has 1 saturated carbocycles. The molecule has 5 nitrogen and oxygen atoms in total. The van der Waals surface area contributed by atoms with Crippen molar-refractivity contribution in [1.82, 2.24) is 14.5 Å². The standard InChI is InChI=1S/C12H19N3O2/c1-10-13-4-5-15(10)7-6-14(9-12(16)17)8-11-2-3-11/h4-5,11H,2-3,6-9H2,1H3,(H,16,17). The SMILES string of the molecule is Cc1nccn1CCN(CC(=O)O)CC1CC1. The van der Waals surface area contributed by atoms with Crippen LogP contribution >= 0.6 is 0 Å². The summed E-state index contributed by atoms with van der Waals surface area (Å²) in [6.07, 6.45) is 6.21. The van der Waals surface area contributed by atoms with Crippen LogP contribution in [0, 0.1) is 12.8 Å². The van der Waals surface area contributed by atoms with Gasteiger partial charge in [0, 0.05) is 32.0 Å². The Hall–Kier alpha value is -1.36. The highest BCUT2D eigenvalue weighted by Crippen LogP contribution is 2.29.